The Morgan fingerprint density at radius 2 is 1.46 bits per heavy atom. The molecular weight excluding hydrogens is 1690 g/mol. The number of allylic oxidation sites excluding steroid dienone is 5. The molecule has 1 aliphatic carbocycles. The minimum atomic E-state index is -2.49. The molecule has 0 unspecified atom stereocenters. The number of ketones is 2. The summed E-state index contributed by atoms with van der Waals surface area (Å²) >= 11 is 0. The van der Waals surface area contributed by atoms with E-state index in [1.54, 1.807) is 78.8 Å². The van der Waals surface area contributed by atoms with Crippen LogP contribution in [0.4, 0.5) is 28.5 Å². The third-order valence-corrected chi connectivity index (χ3v) is 27.4. The topological polar surface area (TPSA) is 460 Å². The number of piperidine rings is 1. The van der Waals surface area contributed by atoms with Crippen molar-refractivity contribution < 1.29 is 86.8 Å². The number of nitrogens with two attached hydrogens (primary N) is 2. The number of aliphatic hydroxyl groups excluding tert-OH is 3. The van der Waals surface area contributed by atoms with E-state index < -0.39 is 114 Å². The van der Waals surface area contributed by atoms with Gasteiger partial charge in [-0.3, -0.25) is 28.9 Å². The Morgan fingerprint density at radius 1 is 0.720 bits per heavy atom. The van der Waals surface area contributed by atoms with Crippen LogP contribution in [0.5, 0.6) is 0 Å². The number of benzene rings is 2. The van der Waals surface area contributed by atoms with Gasteiger partial charge >= 0.3 is 12.1 Å². The number of anilines is 4. The quantitative estimate of drug-likeness (QED) is 0.0164. The van der Waals surface area contributed by atoms with Gasteiger partial charge in [-0.1, -0.05) is 89.3 Å². The Bertz CT molecular complexity index is 5320. The molecule has 36 heteroatoms. The molecule has 4 saturated heterocycles. The maximum absolute atomic E-state index is 14.8. The van der Waals surface area contributed by atoms with E-state index in [-0.39, 0.29) is 74.0 Å². The molecule has 5 fully saturated rings. The maximum atomic E-state index is 14.8. The smallest absolute Gasteiger partial charge is 0.407 e. The molecule has 16 atom stereocenters. The third-order valence-electron chi connectivity index (χ3n) is 27.4. The fourth-order valence-corrected chi connectivity index (χ4v) is 19.3. The van der Waals surface area contributed by atoms with E-state index >= 15 is 0 Å². The number of Topliss-reactive ketones (excluding diaryl/α,β-unsaturated/α-hetero) is 2. The van der Waals surface area contributed by atoms with Crippen molar-refractivity contribution in [2.45, 2.75) is 219 Å². The molecule has 4 amide bonds. The van der Waals surface area contributed by atoms with Crippen LogP contribution in [0, 0.1) is 35.5 Å². The number of hydrogen-bond acceptors (Lipinski definition) is 31. The van der Waals surface area contributed by atoms with Crippen LogP contribution in [0.2, 0.25) is 0 Å². The zero-order valence-electron chi connectivity index (χ0n) is 77.1. The van der Waals surface area contributed by atoms with Crippen LogP contribution in [0.15, 0.2) is 120 Å². The molecule has 132 heavy (non-hydrogen) atoms. The molecule has 2 bridgehead atoms. The normalized spacial score (nSPS) is 27.8. The standard InChI is InChI=1S/C96H128N18O18/c1-57-15-11-10-12-16-58(2)77(126-8)47-71-23-18-63(7)96(125,132-71)86(120)90(122)113-28-14-13-17-73(113)91(123)129-78(48-74(115)59(3)42-62(6)84(118)85(119)83(117)61(5)41-57)60(4)43-64-20-24-76(79(45-64)127-9)131-95(124)103-51-66-49-99-93(100-50-66)111-36-34-109(35-37-111)80(116)27-39-128-40-38-108-30-32-110(33-31-108)94-101-52-70(53-102-94)89(121)112-29-26-67-44-65(19-21-69(67)55-112)54-114-88-81(87(97)104-56-105-88)82(107-114)68-22-25-75-72(46-68)106-92(98)130-75/h10-12,15-16,19,21-22,25,42,44,46,49-50,52-53,56-57,59-61,63-64,71,73-74,76-79,84-85,115,118-119,125H,13-14,17-18,20,23-24,26-41,43,45,47-48,51,54-55H2,1-9H3,(H2,98,106)(H,103,124)(H2,97,104,105)/b12-10?,15-11+,58-16?,62-42+/t57-,59-,60-,61-,63-,64+,71+,73+,74-,76-,77+,78+,79-,84-,85+,96-/m1/s1. The number of ether oxygens (including phenoxy) is 6. The lowest BCUT2D eigenvalue weighted by Crippen LogP contribution is -2.61. The maximum Gasteiger partial charge on any atom is 0.407 e. The highest BCUT2D eigenvalue weighted by molar-refractivity contribution is 6.39. The summed E-state index contributed by atoms with van der Waals surface area (Å²) in [5, 5.41) is 55.3. The number of carbonyl (C=O) groups excluding carboxylic acids is 7. The van der Waals surface area contributed by atoms with Crippen molar-refractivity contribution in [3.63, 3.8) is 0 Å². The molecule has 0 radical (unpaired) electrons. The number of nitrogens with zero attached hydrogens (tertiary/aromatic N) is 15. The van der Waals surface area contributed by atoms with Crippen LogP contribution in [0.1, 0.15) is 165 Å². The van der Waals surface area contributed by atoms with Gasteiger partial charge in [0.15, 0.2) is 17.0 Å². The SMILES string of the molecule is CO[C@H]1C[C@@H]2CC[C@@H](C)[C@@](O)(O2)C(=O)C(=O)N2CCCC[C@H]2C(=O)O[C@H]([C@H](C)C[C@@H]2CC[C@@H](OC(=O)NCc3cnc(N4CCN(C(=O)CCOCCN5CCN(c6ncc(C(=O)N7CCc8cc(Cn9nc(-c%10ccc%11oc(N)nc%11c%10)c%10c(N)ncnc%109)ccc8C7)cn6)CC5)CC4)nc3)[C@H](OC)C2)C[C@@H](O)[C@H](C)/C=C(\C)[C@@H](O)[C@@H](O)C(=O)[C@H](C)C[C@H](C)/C=C/C=CC=C1C. The summed E-state index contributed by atoms with van der Waals surface area (Å²) in [4.78, 5) is 141. The lowest BCUT2D eigenvalue weighted by atomic mass is 9.78. The molecule has 1 saturated carbocycles. The summed E-state index contributed by atoms with van der Waals surface area (Å²) in [5.74, 6) is -7.34. The molecular formula is C96H128N18O18. The van der Waals surface area contributed by atoms with Gasteiger partial charge in [0, 0.05) is 166 Å². The highest BCUT2D eigenvalue weighted by Gasteiger charge is 2.53. The first-order chi connectivity index (χ1) is 63.5. The average molecular weight is 1820 g/mol. The Labute approximate surface area is 768 Å². The molecule has 36 nitrogen and oxygen atoms in total. The fraction of sp³-hybridized carbons (Fsp3) is 0.573. The number of nitrogen functional groups attached to an aromatic ring is 2. The number of rotatable bonds is 20. The van der Waals surface area contributed by atoms with Crippen molar-refractivity contribution in [2.24, 2.45) is 35.5 Å². The molecule has 7 aliphatic rings. The zero-order valence-corrected chi connectivity index (χ0v) is 77.1. The summed E-state index contributed by atoms with van der Waals surface area (Å²) < 4.78 is 43.8. The van der Waals surface area contributed by atoms with Gasteiger partial charge in [0.2, 0.25) is 23.6 Å². The van der Waals surface area contributed by atoms with Crippen LogP contribution in [-0.2, 0) is 78.4 Å². The number of aromatic nitrogens is 9. The highest BCUT2D eigenvalue weighted by Crippen LogP contribution is 2.41. The van der Waals surface area contributed by atoms with E-state index in [0.29, 0.717) is 200 Å². The minimum absolute atomic E-state index is 0.0115. The third kappa shape index (κ3) is 23.6. The molecule has 710 valence electrons. The van der Waals surface area contributed by atoms with Crippen molar-refractivity contribution in [3.05, 3.63) is 143 Å². The van der Waals surface area contributed by atoms with Gasteiger partial charge in [-0.15, -0.1) is 0 Å². The summed E-state index contributed by atoms with van der Waals surface area (Å²) in [7, 11) is 3.12. The Kier molecular flexibility index (Phi) is 32.4. The molecule has 0 spiro atoms. The second-order valence-corrected chi connectivity index (χ2v) is 36.8. The van der Waals surface area contributed by atoms with Crippen LogP contribution >= 0.6 is 0 Å². The van der Waals surface area contributed by atoms with Gasteiger partial charge in [0.1, 0.15) is 53.8 Å². The number of hydrogen-bond donors (Lipinski definition) is 7. The van der Waals surface area contributed by atoms with E-state index in [1.165, 1.54) is 11.2 Å². The number of esters is 1. The van der Waals surface area contributed by atoms with Crippen molar-refractivity contribution in [1.29, 1.82) is 0 Å². The van der Waals surface area contributed by atoms with E-state index in [1.807, 2.05) is 88.7 Å². The number of fused-ring (bicyclic) bond motifs is 6. The van der Waals surface area contributed by atoms with Gasteiger partial charge in [-0.2, -0.15) is 10.1 Å². The molecule has 6 aliphatic heterocycles. The number of carbonyl (C=O) groups is 7. The van der Waals surface area contributed by atoms with Gasteiger partial charge in [-0.25, -0.2) is 44.2 Å². The zero-order chi connectivity index (χ0) is 93.6. The first-order valence-electron chi connectivity index (χ1n) is 46.5. The second-order valence-electron chi connectivity index (χ2n) is 36.8. The number of amides is 4. The van der Waals surface area contributed by atoms with E-state index in [0.717, 1.165) is 40.9 Å². The Balaban J connectivity index is 0.496. The largest absolute Gasteiger partial charge is 0.460 e. The van der Waals surface area contributed by atoms with Crippen LogP contribution in [-0.4, -0.2) is 286 Å². The summed E-state index contributed by atoms with van der Waals surface area (Å²) in [6.45, 7) is 20.5. The predicted molar refractivity (Wildman–Crippen MR) is 491 cm³/mol. The van der Waals surface area contributed by atoms with Crippen molar-refractivity contribution in [3.8, 4) is 11.3 Å². The number of cyclic esters (lactones) is 1. The molecule has 14 rings (SSSR count). The second kappa shape index (κ2) is 44.2. The number of methoxy groups -OCH3 is 2. The monoisotopic (exact) mass is 1820 g/mol. The first kappa shape index (κ1) is 96.9. The number of aliphatic hydroxyl groups is 4. The number of nitrogens with one attached hydrogen (secondary N) is 1. The van der Waals surface area contributed by atoms with Crippen molar-refractivity contribution in [1.82, 2.24) is 69.6 Å². The average Bonchev–Trinajstić information content (AvgIpc) is 1.26. The minimum Gasteiger partial charge on any atom is -0.460 e. The number of oxazole rings is 1. The first-order valence-corrected chi connectivity index (χ1v) is 46.5. The predicted octanol–water partition coefficient (Wildman–Crippen LogP) is 8.07. The summed E-state index contributed by atoms with van der Waals surface area (Å²) in [5.41, 5.74) is 20.8. The van der Waals surface area contributed by atoms with E-state index in [9.17, 15) is 54.0 Å². The van der Waals surface area contributed by atoms with Gasteiger partial charge in [-0.05, 0) is 148 Å². The van der Waals surface area contributed by atoms with E-state index in [4.69, 9.17) is 49.4 Å². The van der Waals surface area contributed by atoms with Crippen LogP contribution < -0.4 is 26.6 Å². The van der Waals surface area contributed by atoms with Gasteiger partial charge in [0.25, 0.3) is 23.6 Å². The lowest BCUT2D eigenvalue weighted by Gasteiger charge is -2.43. The Morgan fingerprint density at radius 3 is 2.20 bits per heavy atom. The fourth-order valence-electron chi connectivity index (χ4n) is 19.3. The van der Waals surface area contributed by atoms with Crippen LogP contribution in [0.25, 0.3) is 33.4 Å². The highest BCUT2D eigenvalue weighted by atomic mass is 16.6. The van der Waals surface area contributed by atoms with E-state index in [2.05, 4.69) is 62.1 Å². The van der Waals surface area contributed by atoms with Crippen LogP contribution in [0.3, 0.4) is 0 Å². The summed E-state index contributed by atoms with van der Waals surface area (Å²) in [6.07, 6.45) is 16.1. The molecule has 9 N–H and O–H groups in total. The summed E-state index contributed by atoms with van der Waals surface area (Å²) in [6, 6.07) is 10.7. The molecule has 11 heterocycles. The molecule has 5 aromatic heterocycles. The van der Waals surface area contributed by atoms with Crippen molar-refractivity contribution in [2.75, 3.05) is 121 Å². The Hall–Kier alpha value is -11.1. The van der Waals surface area contributed by atoms with Gasteiger partial charge in [0.05, 0.1) is 61.5 Å². The molecule has 7 aromatic rings. The molecule has 2 aromatic carbocycles. The number of piperazine rings is 2. The number of alkyl carbamates (subject to hydrolysis) is 1. The lowest BCUT2D eigenvalue weighted by molar-refractivity contribution is -0.265. The van der Waals surface area contributed by atoms with Crippen molar-refractivity contribution >= 4 is 87.2 Å². The van der Waals surface area contributed by atoms with Gasteiger partial charge < -0.3 is 94.5 Å².